The van der Waals surface area contributed by atoms with Gasteiger partial charge in [-0.25, -0.2) is 14.6 Å². The summed E-state index contributed by atoms with van der Waals surface area (Å²) in [5.41, 5.74) is 1.41. The van der Waals surface area contributed by atoms with Gasteiger partial charge in [0.1, 0.15) is 12.1 Å². The number of Topliss-reactive ketones (excluding diaryl/α,β-unsaturated/α-hetero) is 1. The van der Waals surface area contributed by atoms with Gasteiger partial charge < -0.3 is 9.84 Å². The standard InChI is InChI=1S/C29H42N4O3/c1-5-27(3)20(22(34)17-33-25-21(16-32-33)30-12-13-31-25)6-7-23(27)28-9-8-19-14-26(2,35)10-11-29(19,18-36-4)24(28)15-28/h12-13,16,19-20,23-24,35H,5-11,14-15,17-18H2,1-4H3. The number of nitrogens with zero attached hydrogens (tertiary/aromatic N) is 4. The third-order valence-corrected chi connectivity index (χ3v) is 11.6. The van der Waals surface area contributed by atoms with Crippen LogP contribution in [0.2, 0.25) is 0 Å². The Morgan fingerprint density at radius 2 is 1.92 bits per heavy atom. The highest BCUT2D eigenvalue weighted by molar-refractivity contribution is 5.83. The molecular formula is C29H42N4O3. The van der Waals surface area contributed by atoms with Crippen LogP contribution in [-0.2, 0) is 16.1 Å². The van der Waals surface area contributed by atoms with Crippen LogP contribution in [0.5, 0.6) is 0 Å². The molecule has 7 nitrogen and oxygen atoms in total. The first kappa shape index (κ1) is 24.5. The van der Waals surface area contributed by atoms with Crippen molar-refractivity contribution in [3.8, 4) is 0 Å². The number of rotatable bonds is 7. The summed E-state index contributed by atoms with van der Waals surface area (Å²) in [6.45, 7) is 7.80. The highest BCUT2D eigenvalue weighted by Gasteiger charge is 2.74. The molecule has 7 heteroatoms. The minimum Gasteiger partial charge on any atom is -0.390 e. The van der Waals surface area contributed by atoms with Crippen LogP contribution in [0.3, 0.4) is 0 Å². The van der Waals surface area contributed by atoms with E-state index in [1.165, 1.54) is 19.3 Å². The van der Waals surface area contributed by atoms with Gasteiger partial charge in [0.2, 0.25) is 0 Å². The topological polar surface area (TPSA) is 90.1 Å². The third kappa shape index (κ3) is 3.44. The van der Waals surface area contributed by atoms with Crippen molar-refractivity contribution >= 4 is 16.9 Å². The van der Waals surface area contributed by atoms with Crippen LogP contribution >= 0.6 is 0 Å². The molecule has 4 saturated carbocycles. The maximum Gasteiger partial charge on any atom is 0.177 e. The quantitative estimate of drug-likeness (QED) is 0.593. The molecule has 2 heterocycles. The molecule has 0 spiro atoms. The number of ether oxygens (including phenoxy) is 1. The first-order chi connectivity index (χ1) is 17.2. The lowest BCUT2D eigenvalue weighted by Gasteiger charge is -2.55. The third-order valence-electron chi connectivity index (χ3n) is 11.6. The Bertz CT molecular complexity index is 1160. The molecule has 8 unspecified atom stereocenters. The summed E-state index contributed by atoms with van der Waals surface area (Å²) in [5.74, 6) is 2.13. The summed E-state index contributed by atoms with van der Waals surface area (Å²) in [4.78, 5) is 22.5. The molecule has 4 aliphatic carbocycles. The smallest absolute Gasteiger partial charge is 0.177 e. The van der Waals surface area contributed by atoms with E-state index in [9.17, 15) is 9.90 Å². The Balaban J connectivity index is 1.25. The van der Waals surface area contributed by atoms with Gasteiger partial charge in [-0.05, 0) is 93.3 Å². The number of carbonyl (C=O) groups is 1. The van der Waals surface area contributed by atoms with Gasteiger partial charge in [0.05, 0.1) is 18.4 Å². The van der Waals surface area contributed by atoms with E-state index in [1.54, 1.807) is 23.3 Å². The fourth-order valence-electron chi connectivity index (χ4n) is 9.71. The van der Waals surface area contributed by atoms with Gasteiger partial charge in [-0.2, -0.15) is 5.10 Å². The Labute approximate surface area is 214 Å². The van der Waals surface area contributed by atoms with Crippen molar-refractivity contribution in [2.75, 3.05) is 13.7 Å². The lowest BCUT2D eigenvalue weighted by molar-refractivity contribution is -0.132. The maximum atomic E-state index is 13.8. The van der Waals surface area contributed by atoms with E-state index in [4.69, 9.17) is 4.74 Å². The maximum absolute atomic E-state index is 13.8. The normalized spacial score (nSPS) is 43.8. The van der Waals surface area contributed by atoms with Gasteiger partial charge in [0.15, 0.2) is 11.4 Å². The molecule has 8 atom stereocenters. The van der Waals surface area contributed by atoms with E-state index < -0.39 is 5.60 Å². The van der Waals surface area contributed by atoms with Crippen molar-refractivity contribution in [1.29, 1.82) is 0 Å². The van der Waals surface area contributed by atoms with Gasteiger partial charge in [0.25, 0.3) is 0 Å². The zero-order valence-electron chi connectivity index (χ0n) is 22.4. The highest BCUT2D eigenvalue weighted by atomic mass is 16.5. The van der Waals surface area contributed by atoms with E-state index >= 15 is 0 Å². The minimum atomic E-state index is -0.541. The molecule has 36 heavy (non-hydrogen) atoms. The number of fused-ring (bicyclic) bond motifs is 4. The Kier molecular flexibility index (Phi) is 5.66. The molecule has 196 valence electrons. The van der Waals surface area contributed by atoms with Crippen LogP contribution in [0.25, 0.3) is 11.2 Å². The van der Waals surface area contributed by atoms with E-state index in [1.807, 2.05) is 14.0 Å². The average molecular weight is 495 g/mol. The van der Waals surface area contributed by atoms with Gasteiger partial charge in [0, 0.05) is 30.8 Å². The summed E-state index contributed by atoms with van der Waals surface area (Å²) in [6.07, 6.45) is 14.7. The number of aromatic nitrogens is 4. The molecule has 0 saturated heterocycles. The van der Waals surface area contributed by atoms with Gasteiger partial charge >= 0.3 is 0 Å². The predicted octanol–water partition coefficient (Wildman–Crippen LogP) is 4.82. The SMILES string of the molecule is CCC1(C)C(C(=O)Cn2ncc3nccnc32)CCC1C12CCC3CC(C)(O)CCC3(COC)C1C2. The molecule has 4 fully saturated rings. The van der Waals surface area contributed by atoms with E-state index in [0.717, 1.165) is 50.6 Å². The minimum absolute atomic E-state index is 0.00171. The van der Waals surface area contributed by atoms with Crippen molar-refractivity contribution in [2.24, 2.45) is 39.9 Å². The number of methoxy groups -OCH3 is 1. The first-order valence-corrected chi connectivity index (χ1v) is 14.1. The molecule has 6 rings (SSSR count). The Morgan fingerprint density at radius 3 is 2.69 bits per heavy atom. The molecule has 0 aliphatic heterocycles. The molecular weight excluding hydrogens is 452 g/mol. The number of hydrogen-bond donors (Lipinski definition) is 1. The zero-order chi connectivity index (χ0) is 25.3. The average Bonchev–Trinajstić information content (AvgIpc) is 3.33. The molecule has 0 amide bonds. The lowest BCUT2D eigenvalue weighted by Crippen LogP contribution is -2.52. The second-order valence-corrected chi connectivity index (χ2v) is 13.2. The van der Waals surface area contributed by atoms with Crippen molar-refractivity contribution in [3.63, 3.8) is 0 Å². The Morgan fingerprint density at radius 1 is 1.11 bits per heavy atom. The van der Waals surface area contributed by atoms with Crippen LogP contribution in [0.1, 0.15) is 78.6 Å². The monoisotopic (exact) mass is 494 g/mol. The molecule has 0 bridgehead atoms. The highest BCUT2D eigenvalue weighted by Crippen LogP contribution is 2.79. The van der Waals surface area contributed by atoms with Crippen LogP contribution in [0, 0.1) is 39.9 Å². The molecule has 2 aromatic heterocycles. The summed E-state index contributed by atoms with van der Waals surface area (Å²) in [5, 5.41) is 15.3. The number of ketones is 1. The van der Waals surface area contributed by atoms with Crippen LogP contribution in [0.4, 0.5) is 0 Å². The second kappa shape index (κ2) is 8.32. The van der Waals surface area contributed by atoms with Gasteiger partial charge in [-0.3, -0.25) is 4.79 Å². The fourth-order valence-corrected chi connectivity index (χ4v) is 9.71. The molecule has 0 aromatic carbocycles. The van der Waals surface area contributed by atoms with E-state index in [-0.39, 0.29) is 23.3 Å². The number of carbonyl (C=O) groups excluding carboxylic acids is 1. The summed E-state index contributed by atoms with van der Waals surface area (Å²) >= 11 is 0. The zero-order valence-corrected chi connectivity index (χ0v) is 22.4. The van der Waals surface area contributed by atoms with Gasteiger partial charge in [-0.15, -0.1) is 0 Å². The largest absolute Gasteiger partial charge is 0.390 e. The first-order valence-electron chi connectivity index (χ1n) is 14.1. The van der Waals surface area contributed by atoms with Crippen molar-refractivity contribution in [3.05, 3.63) is 18.6 Å². The summed E-state index contributed by atoms with van der Waals surface area (Å²) in [6, 6.07) is 0. The van der Waals surface area contributed by atoms with E-state index in [2.05, 4.69) is 28.9 Å². The van der Waals surface area contributed by atoms with Crippen molar-refractivity contribution < 1.29 is 14.6 Å². The van der Waals surface area contributed by atoms with Crippen molar-refractivity contribution in [1.82, 2.24) is 19.7 Å². The van der Waals surface area contributed by atoms with Crippen molar-refractivity contribution in [2.45, 2.75) is 90.7 Å². The molecule has 2 aromatic rings. The summed E-state index contributed by atoms with van der Waals surface area (Å²) < 4.78 is 7.62. The van der Waals surface area contributed by atoms with E-state index in [0.29, 0.717) is 34.6 Å². The van der Waals surface area contributed by atoms with Crippen LogP contribution < -0.4 is 0 Å². The van der Waals surface area contributed by atoms with Crippen LogP contribution in [0.15, 0.2) is 18.6 Å². The number of aliphatic hydroxyl groups is 1. The second-order valence-electron chi connectivity index (χ2n) is 13.2. The Hall–Kier alpha value is -1.86. The summed E-state index contributed by atoms with van der Waals surface area (Å²) in [7, 11) is 1.85. The van der Waals surface area contributed by atoms with Crippen LogP contribution in [-0.4, -0.2) is 50.0 Å². The van der Waals surface area contributed by atoms with Gasteiger partial charge in [-0.1, -0.05) is 13.8 Å². The molecule has 1 N–H and O–H groups in total. The molecule has 0 radical (unpaired) electrons. The lowest BCUT2D eigenvalue weighted by atomic mass is 9.51. The predicted molar refractivity (Wildman–Crippen MR) is 137 cm³/mol. The fraction of sp³-hybridized carbons (Fsp3) is 0.793. The molecule has 4 aliphatic rings. The number of hydrogen-bond acceptors (Lipinski definition) is 6.